The Bertz CT molecular complexity index is 1350. The highest BCUT2D eigenvalue weighted by Crippen LogP contribution is 2.46. The van der Waals surface area contributed by atoms with E-state index in [1.54, 1.807) is 6.20 Å². The number of hydrogen-bond acceptors (Lipinski definition) is 5. The van der Waals surface area contributed by atoms with E-state index in [1.807, 2.05) is 35.9 Å². The Morgan fingerprint density at radius 2 is 1.89 bits per heavy atom. The number of piperazine rings is 1. The molecule has 7 nitrogen and oxygen atoms in total. The van der Waals surface area contributed by atoms with E-state index >= 15 is 0 Å². The minimum absolute atomic E-state index is 0.290. The van der Waals surface area contributed by atoms with Crippen LogP contribution in [-0.2, 0) is 19.9 Å². The van der Waals surface area contributed by atoms with Crippen LogP contribution < -0.4 is 0 Å². The van der Waals surface area contributed by atoms with E-state index in [2.05, 4.69) is 21.0 Å². The zero-order valence-electron chi connectivity index (χ0n) is 20.8. The monoisotopic (exact) mass is 540 g/mol. The van der Waals surface area contributed by atoms with Crippen molar-refractivity contribution in [3.05, 3.63) is 68.7 Å². The molecule has 3 heterocycles. The molecule has 2 fully saturated rings. The van der Waals surface area contributed by atoms with E-state index in [-0.39, 0.29) is 0 Å². The Morgan fingerprint density at radius 1 is 1.16 bits per heavy atom. The zero-order chi connectivity index (χ0) is 25.7. The Labute approximate surface area is 226 Å². The largest absolute Gasteiger partial charge is 0.478 e. The van der Waals surface area contributed by atoms with Crippen molar-refractivity contribution in [1.82, 2.24) is 19.5 Å². The average molecular weight is 541 g/mol. The Balaban J connectivity index is 1.11. The molecule has 0 amide bonds. The van der Waals surface area contributed by atoms with Crippen molar-refractivity contribution in [2.75, 3.05) is 32.7 Å². The summed E-state index contributed by atoms with van der Waals surface area (Å²) in [4.78, 5) is 16.6. The summed E-state index contributed by atoms with van der Waals surface area (Å²) in [5, 5.41) is 15.1. The summed E-state index contributed by atoms with van der Waals surface area (Å²) >= 11 is 13.0. The third-order valence-corrected chi connectivity index (χ3v) is 8.62. The number of carbonyl (C=O) groups is 1. The van der Waals surface area contributed by atoms with Crippen LogP contribution in [0.5, 0.6) is 0 Å². The lowest BCUT2D eigenvalue weighted by molar-refractivity contribution is 0.0696. The molecule has 6 rings (SSSR count). The number of carboxylic acids is 1. The lowest BCUT2D eigenvalue weighted by Gasteiger charge is -2.39. The van der Waals surface area contributed by atoms with Gasteiger partial charge in [-0.1, -0.05) is 46.6 Å². The first-order valence-corrected chi connectivity index (χ1v) is 13.6. The molecule has 0 spiro atoms. The maximum Gasteiger partial charge on any atom is 0.337 e. The van der Waals surface area contributed by atoms with Gasteiger partial charge in [-0.25, -0.2) is 4.79 Å². The van der Waals surface area contributed by atoms with Crippen molar-refractivity contribution < 1.29 is 14.4 Å². The van der Waals surface area contributed by atoms with Gasteiger partial charge in [0.15, 0.2) is 0 Å². The first-order valence-electron chi connectivity index (χ1n) is 12.9. The van der Waals surface area contributed by atoms with Gasteiger partial charge < -0.3 is 19.1 Å². The summed E-state index contributed by atoms with van der Waals surface area (Å²) < 4.78 is 7.80. The van der Waals surface area contributed by atoms with Crippen LogP contribution in [-0.4, -0.2) is 69.4 Å². The normalized spacial score (nSPS) is 20.4. The molecule has 0 bridgehead atoms. The van der Waals surface area contributed by atoms with Crippen molar-refractivity contribution in [2.24, 2.45) is 7.05 Å². The standard InChI is InChI=1S/C28H30Cl2N4O3/c1-32-16-21(28(35)36)19-8-7-18(15-24(19)32)34-13-11-33(12-14-34)10-9-20-26(31-37-27(20)17-5-6-17)25-22(29)3-2-4-23(25)30/h2-4,7-8,16-18H,5-6,9-15H2,1H3,(H,35,36). The second kappa shape index (κ2) is 9.95. The van der Waals surface area contributed by atoms with Crippen molar-refractivity contribution in [1.29, 1.82) is 0 Å². The summed E-state index contributed by atoms with van der Waals surface area (Å²) in [7, 11) is 1.93. The highest BCUT2D eigenvalue weighted by atomic mass is 35.5. The van der Waals surface area contributed by atoms with Gasteiger partial charge in [-0.15, -0.1) is 0 Å². The second-order valence-corrected chi connectivity index (χ2v) is 11.1. The van der Waals surface area contributed by atoms with Crippen LogP contribution in [0.2, 0.25) is 10.0 Å². The lowest BCUT2D eigenvalue weighted by Crippen LogP contribution is -2.51. The van der Waals surface area contributed by atoms with Crippen LogP contribution in [0, 0.1) is 0 Å². The first-order chi connectivity index (χ1) is 17.9. The van der Waals surface area contributed by atoms with Gasteiger partial charge in [0, 0.05) is 86.7 Å². The second-order valence-electron chi connectivity index (χ2n) is 10.3. The van der Waals surface area contributed by atoms with Gasteiger partial charge in [-0.3, -0.25) is 4.90 Å². The number of benzene rings is 1. The summed E-state index contributed by atoms with van der Waals surface area (Å²) in [5.74, 6) is 0.582. The molecule has 1 saturated carbocycles. The predicted molar refractivity (Wildman–Crippen MR) is 145 cm³/mol. The van der Waals surface area contributed by atoms with Crippen LogP contribution in [0.4, 0.5) is 0 Å². The molecule has 1 aliphatic heterocycles. The van der Waals surface area contributed by atoms with Gasteiger partial charge in [-0.05, 0) is 31.4 Å². The molecule has 3 aromatic rings. The van der Waals surface area contributed by atoms with Crippen molar-refractivity contribution in [3.8, 4) is 11.3 Å². The number of aromatic nitrogens is 2. The summed E-state index contributed by atoms with van der Waals surface area (Å²) in [5.41, 5.74) is 5.01. The fraction of sp³-hybridized carbons (Fsp3) is 0.429. The molecule has 3 aliphatic rings. The smallest absolute Gasteiger partial charge is 0.337 e. The highest BCUT2D eigenvalue weighted by Gasteiger charge is 2.34. The number of carboxylic acid groups (broad SMARTS) is 1. The van der Waals surface area contributed by atoms with E-state index in [0.717, 1.165) is 92.2 Å². The Kier molecular flexibility index (Phi) is 6.65. The molecule has 0 radical (unpaired) electrons. The van der Waals surface area contributed by atoms with Crippen LogP contribution in [0.25, 0.3) is 17.3 Å². The summed E-state index contributed by atoms with van der Waals surface area (Å²) in [6, 6.07) is 5.83. The SMILES string of the molecule is Cn1cc(C(=O)O)c2c1CC(N1CCN(CCc3c(-c4c(Cl)cccc4Cl)noc3C3CC3)CC1)C=C2. The fourth-order valence-electron chi connectivity index (χ4n) is 5.76. The minimum atomic E-state index is -0.869. The van der Waals surface area contributed by atoms with Gasteiger partial charge in [0.25, 0.3) is 0 Å². The molecule has 2 aromatic heterocycles. The topological polar surface area (TPSA) is 74.7 Å². The maximum atomic E-state index is 11.6. The van der Waals surface area contributed by atoms with Crippen molar-refractivity contribution in [3.63, 3.8) is 0 Å². The van der Waals surface area contributed by atoms with Crippen LogP contribution in [0.1, 0.15) is 51.7 Å². The van der Waals surface area contributed by atoms with Crippen LogP contribution in [0.15, 0.2) is 35.0 Å². The Morgan fingerprint density at radius 3 is 2.57 bits per heavy atom. The van der Waals surface area contributed by atoms with Gasteiger partial charge in [0.05, 0.1) is 15.6 Å². The molecule has 1 saturated heterocycles. The number of nitrogens with zero attached hydrogens (tertiary/aromatic N) is 4. The van der Waals surface area contributed by atoms with E-state index in [9.17, 15) is 9.90 Å². The van der Waals surface area contributed by atoms with Crippen LogP contribution >= 0.6 is 23.2 Å². The average Bonchev–Trinajstić information content (AvgIpc) is 3.57. The summed E-state index contributed by atoms with van der Waals surface area (Å²) in [6.07, 6.45) is 9.85. The van der Waals surface area contributed by atoms with Crippen molar-refractivity contribution >= 4 is 35.2 Å². The number of fused-ring (bicyclic) bond motifs is 1. The van der Waals surface area contributed by atoms with E-state index in [4.69, 9.17) is 27.7 Å². The van der Waals surface area contributed by atoms with Gasteiger partial charge in [-0.2, -0.15) is 0 Å². The van der Waals surface area contributed by atoms with Crippen molar-refractivity contribution in [2.45, 2.75) is 37.6 Å². The number of aromatic carboxylic acids is 1. The van der Waals surface area contributed by atoms with E-state index < -0.39 is 5.97 Å². The highest BCUT2D eigenvalue weighted by molar-refractivity contribution is 6.39. The molecule has 1 aromatic carbocycles. The molecular weight excluding hydrogens is 511 g/mol. The number of hydrogen-bond donors (Lipinski definition) is 1. The molecule has 194 valence electrons. The van der Waals surface area contributed by atoms with Gasteiger partial charge in [0.1, 0.15) is 11.5 Å². The molecule has 37 heavy (non-hydrogen) atoms. The number of aryl methyl sites for hydroxylation is 1. The lowest BCUT2D eigenvalue weighted by atomic mass is 9.96. The van der Waals surface area contributed by atoms with Gasteiger partial charge >= 0.3 is 5.97 Å². The molecular formula is C28H30Cl2N4O3. The maximum absolute atomic E-state index is 11.6. The van der Waals surface area contributed by atoms with E-state index in [0.29, 0.717) is 27.6 Å². The van der Waals surface area contributed by atoms with Crippen LogP contribution in [0.3, 0.4) is 0 Å². The van der Waals surface area contributed by atoms with Gasteiger partial charge in [0.2, 0.25) is 0 Å². The fourth-order valence-corrected chi connectivity index (χ4v) is 6.34. The Hall–Kier alpha value is -2.58. The quantitative estimate of drug-likeness (QED) is 0.434. The summed E-state index contributed by atoms with van der Waals surface area (Å²) in [6.45, 7) is 4.84. The molecule has 2 aliphatic carbocycles. The number of rotatable bonds is 7. The predicted octanol–water partition coefficient (Wildman–Crippen LogP) is 5.36. The zero-order valence-corrected chi connectivity index (χ0v) is 22.3. The third-order valence-electron chi connectivity index (χ3n) is 7.99. The number of halogens is 2. The van der Waals surface area contributed by atoms with E-state index in [1.165, 1.54) is 0 Å². The molecule has 1 N–H and O–H groups in total. The minimum Gasteiger partial charge on any atom is -0.478 e. The first kappa shape index (κ1) is 24.7. The molecule has 1 atom stereocenters. The molecule has 1 unspecified atom stereocenters. The molecule has 9 heteroatoms. The third kappa shape index (κ3) is 4.74.